The number of hydrogen-bond acceptors (Lipinski definition) is 5. The second-order valence-electron chi connectivity index (χ2n) is 6.66. The molecule has 0 saturated heterocycles. The number of nitrogens with zero attached hydrogens (tertiary/aromatic N) is 5. The molecule has 0 spiro atoms. The van der Waals surface area contributed by atoms with E-state index in [1.165, 1.54) is 0 Å². The van der Waals surface area contributed by atoms with Gasteiger partial charge < -0.3 is 15.1 Å². The highest BCUT2D eigenvalue weighted by atomic mass is 127. The van der Waals surface area contributed by atoms with Gasteiger partial charge in [-0.15, -0.1) is 24.0 Å². The fourth-order valence-electron chi connectivity index (χ4n) is 2.97. The van der Waals surface area contributed by atoms with Crippen molar-refractivity contribution in [3.63, 3.8) is 0 Å². The van der Waals surface area contributed by atoms with Gasteiger partial charge in [-0.2, -0.15) is 0 Å². The molecule has 160 valence electrons. The quantitative estimate of drug-likeness (QED) is 0.225. The molecule has 0 fully saturated rings. The van der Waals surface area contributed by atoms with Crippen molar-refractivity contribution in [3.8, 4) is 17.3 Å². The van der Waals surface area contributed by atoms with E-state index in [4.69, 9.17) is 4.42 Å². The molecule has 3 heterocycles. The maximum Gasteiger partial charge on any atom is 0.226 e. The van der Waals surface area contributed by atoms with Gasteiger partial charge in [0, 0.05) is 37.7 Å². The number of aliphatic imine (C=N–C) groups is 1. The van der Waals surface area contributed by atoms with Gasteiger partial charge in [0.05, 0.1) is 12.2 Å². The van der Waals surface area contributed by atoms with E-state index >= 15 is 0 Å². The Hall–Kier alpha value is -3.21. The average molecular weight is 529 g/mol. The van der Waals surface area contributed by atoms with Gasteiger partial charge in [0.15, 0.2) is 5.96 Å². The van der Waals surface area contributed by atoms with Crippen LogP contribution in [-0.4, -0.2) is 32.5 Å². The summed E-state index contributed by atoms with van der Waals surface area (Å²) in [6, 6.07) is 13.8. The van der Waals surface area contributed by atoms with Crippen LogP contribution in [0.1, 0.15) is 17.1 Å². The molecule has 3 aromatic heterocycles. The molecule has 0 bridgehead atoms. The van der Waals surface area contributed by atoms with Crippen molar-refractivity contribution in [1.29, 1.82) is 0 Å². The summed E-state index contributed by atoms with van der Waals surface area (Å²) in [4.78, 5) is 17.5. The molecular formula is C22H24IN7O. The SMILES string of the molecule is CN=C(NCc1ccc(-n2ccnc2C)nc1)NCc1coc(-c2ccccc2)n1.I. The largest absolute Gasteiger partial charge is 0.444 e. The average Bonchev–Trinajstić information content (AvgIpc) is 3.44. The zero-order valence-electron chi connectivity index (χ0n) is 17.3. The van der Waals surface area contributed by atoms with Gasteiger partial charge in [0.25, 0.3) is 0 Å². The third-order valence-electron chi connectivity index (χ3n) is 4.57. The van der Waals surface area contributed by atoms with Crippen molar-refractivity contribution >= 4 is 29.9 Å². The lowest BCUT2D eigenvalue weighted by molar-refractivity contribution is 0.572. The van der Waals surface area contributed by atoms with Crippen LogP contribution in [0.25, 0.3) is 17.3 Å². The molecule has 0 amide bonds. The minimum atomic E-state index is 0. The first-order valence-corrected chi connectivity index (χ1v) is 9.62. The highest BCUT2D eigenvalue weighted by Gasteiger charge is 2.07. The molecule has 0 unspecified atom stereocenters. The maximum atomic E-state index is 5.57. The van der Waals surface area contributed by atoms with Gasteiger partial charge in [-0.1, -0.05) is 24.3 Å². The topological polar surface area (TPSA) is 93.2 Å². The number of benzene rings is 1. The van der Waals surface area contributed by atoms with Gasteiger partial charge in [0.1, 0.15) is 17.9 Å². The number of guanidine groups is 1. The van der Waals surface area contributed by atoms with Crippen molar-refractivity contribution < 1.29 is 4.42 Å². The maximum absolute atomic E-state index is 5.57. The number of nitrogens with one attached hydrogen (secondary N) is 2. The third kappa shape index (κ3) is 5.69. The number of halogens is 1. The Morgan fingerprint density at radius 3 is 2.55 bits per heavy atom. The summed E-state index contributed by atoms with van der Waals surface area (Å²) in [7, 11) is 1.73. The van der Waals surface area contributed by atoms with E-state index in [1.54, 1.807) is 19.5 Å². The van der Waals surface area contributed by atoms with Gasteiger partial charge in [-0.3, -0.25) is 9.56 Å². The van der Waals surface area contributed by atoms with Crippen molar-refractivity contribution in [2.45, 2.75) is 20.0 Å². The third-order valence-corrected chi connectivity index (χ3v) is 4.57. The van der Waals surface area contributed by atoms with Gasteiger partial charge >= 0.3 is 0 Å². The van der Waals surface area contributed by atoms with Crippen molar-refractivity contribution in [1.82, 2.24) is 30.2 Å². The van der Waals surface area contributed by atoms with E-state index in [1.807, 2.05) is 66.3 Å². The van der Waals surface area contributed by atoms with Gasteiger partial charge in [-0.05, 0) is 30.7 Å². The lowest BCUT2D eigenvalue weighted by Gasteiger charge is -2.11. The van der Waals surface area contributed by atoms with E-state index in [2.05, 4.69) is 30.6 Å². The first-order chi connectivity index (χ1) is 14.7. The molecule has 9 heteroatoms. The first kappa shape index (κ1) is 22.5. The number of imidazole rings is 1. The molecule has 0 aliphatic heterocycles. The summed E-state index contributed by atoms with van der Waals surface area (Å²) in [5.41, 5.74) is 2.80. The molecule has 0 radical (unpaired) electrons. The minimum absolute atomic E-state index is 0. The van der Waals surface area contributed by atoms with Crippen LogP contribution < -0.4 is 10.6 Å². The minimum Gasteiger partial charge on any atom is -0.444 e. The van der Waals surface area contributed by atoms with E-state index in [-0.39, 0.29) is 24.0 Å². The Balaban J connectivity index is 0.00000272. The van der Waals surface area contributed by atoms with Crippen LogP contribution in [0.3, 0.4) is 0 Å². The summed E-state index contributed by atoms with van der Waals surface area (Å²) < 4.78 is 7.51. The van der Waals surface area contributed by atoms with Crippen molar-refractivity contribution in [2.75, 3.05) is 7.05 Å². The molecule has 0 atom stereocenters. The fraction of sp³-hybridized carbons (Fsp3) is 0.182. The zero-order valence-corrected chi connectivity index (χ0v) is 19.6. The summed E-state index contributed by atoms with van der Waals surface area (Å²) in [6.07, 6.45) is 7.16. The Morgan fingerprint density at radius 2 is 1.87 bits per heavy atom. The second kappa shape index (κ2) is 10.7. The fourth-order valence-corrected chi connectivity index (χ4v) is 2.97. The van der Waals surface area contributed by atoms with Crippen LogP contribution in [0.2, 0.25) is 0 Å². The Kier molecular flexibility index (Phi) is 7.76. The molecule has 0 aliphatic rings. The Labute approximate surface area is 197 Å². The van der Waals surface area contributed by atoms with Gasteiger partial charge in [0.2, 0.25) is 5.89 Å². The Bertz CT molecular complexity index is 1120. The molecule has 8 nitrogen and oxygen atoms in total. The highest BCUT2D eigenvalue weighted by Crippen LogP contribution is 2.17. The number of oxazole rings is 1. The van der Waals surface area contributed by atoms with Crippen LogP contribution in [-0.2, 0) is 13.1 Å². The summed E-state index contributed by atoms with van der Waals surface area (Å²) >= 11 is 0. The number of aryl methyl sites for hydroxylation is 1. The van der Waals surface area contributed by atoms with E-state index in [0.717, 1.165) is 28.5 Å². The molecule has 0 aliphatic carbocycles. The van der Waals surface area contributed by atoms with E-state index in [9.17, 15) is 0 Å². The predicted molar refractivity (Wildman–Crippen MR) is 130 cm³/mol. The molecule has 31 heavy (non-hydrogen) atoms. The second-order valence-corrected chi connectivity index (χ2v) is 6.66. The first-order valence-electron chi connectivity index (χ1n) is 9.62. The number of aromatic nitrogens is 4. The number of rotatable bonds is 6. The lowest BCUT2D eigenvalue weighted by Crippen LogP contribution is -2.36. The summed E-state index contributed by atoms with van der Waals surface area (Å²) in [5, 5.41) is 6.53. The lowest BCUT2D eigenvalue weighted by atomic mass is 10.2. The highest BCUT2D eigenvalue weighted by molar-refractivity contribution is 14.0. The molecule has 1 aromatic carbocycles. The monoisotopic (exact) mass is 529 g/mol. The smallest absolute Gasteiger partial charge is 0.226 e. The molecular weight excluding hydrogens is 505 g/mol. The van der Waals surface area contributed by atoms with E-state index < -0.39 is 0 Å². The molecule has 4 rings (SSSR count). The van der Waals surface area contributed by atoms with Gasteiger partial charge in [-0.25, -0.2) is 15.0 Å². The van der Waals surface area contributed by atoms with Crippen molar-refractivity contribution in [3.05, 3.63) is 84.4 Å². The van der Waals surface area contributed by atoms with Crippen LogP contribution in [0.5, 0.6) is 0 Å². The zero-order chi connectivity index (χ0) is 20.8. The van der Waals surface area contributed by atoms with Crippen LogP contribution in [0.4, 0.5) is 0 Å². The van der Waals surface area contributed by atoms with Crippen LogP contribution >= 0.6 is 24.0 Å². The summed E-state index contributed by atoms with van der Waals surface area (Å²) in [5.74, 6) is 3.03. The van der Waals surface area contributed by atoms with Crippen LogP contribution in [0, 0.1) is 6.92 Å². The number of hydrogen-bond donors (Lipinski definition) is 2. The Morgan fingerprint density at radius 1 is 1.06 bits per heavy atom. The molecule has 2 N–H and O–H groups in total. The number of pyridine rings is 1. The van der Waals surface area contributed by atoms with E-state index in [0.29, 0.717) is 24.9 Å². The standard InChI is InChI=1S/C22H23N7O.HI/c1-16-24-10-11-29(16)20-9-8-17(12-25-20)13-26-22(23-2)27-14-19-15-30-21(28-19)18-6-4-3-5-7-18;/h3-12,15H,13-14H2,1-2H3,(H2,23,26,27);1H. The molecule has 4 aromatic rings. The van der Waals surface area contributed by atoms with Crippen molar-refractivity contribution in [2.24, 2.45) is 4.99 Å². The summed E-state index contributed by atoms with van der Waals surface area (Å²) in [6.45, 7) is 3.06. The van der Waals surface area contributed by atoms with Crippen LogP contribution in [0.15, 0.2) is 76.7 Å². The predicted octanol–water partition coefficient (Wildman–Crippen LogP) is 3.71. The normalized spacial score (nSPS) is 11.1. The molecule has 0 saturated carbocycles.